The maximum absolute atomic E-state index is 11.9. The number of carbonyl (C=O) groups excluding carboxylic acids is 1. The molecule has 4 nitrogen and oxygen atoms in total. The van der Waals surface area contributed by atoms with E-state index in [9.17, 15) is 4.79 Å². The molecular weight excluding hydrogens is 329 g/mol. The minimum Gasteiger partial charge on any atom is -0.301 e. The molecule has 21 heavy (non-hydrogen) atoms. The molecule has 3 rings (SSSR count). The highest BCUT2D eigenvalue weighted by molar-refractivity contribution is 7.15. The molecule has 2 aromatic rings. The fourth-order valence-electron chi connectivity index (χ4n) is 1.93. The van der Waals surface area contributed by atoms with Crippen molar-refractivity contribution in [3.63, 3.8) is 0 Å². The first-order valence-electron chi connectivity index (χ1n) is 6.69. The van der Waals surface area contributed by atoms with Gasteiger partial charge in [0.1, 0.15) is 5.01 Å². The van der Waals surface area contributed by atoms with Crippen molar-refractivity contribution in [2.24, 2.45) is 0 Å². The molecule has 0 saturated heterocycles. The maximum atomic E-state index is 11.9. The molecule has 1 fully saturated rings. The SMILES string of the molecule is O=C(CCc1ccc(Cl)cc1Cl)Nc1nnc(C2CC2)s1. The van der Waals surface area contributed by atoms with Crippen molar-refractivity contribution in [1.29, 1.82) is 0 Å². The van der Waals surface area contributed by atoms with Gasteiger partial charge in [-0.3, -0.25) is 4.79 Å². The quantitative estimate of drug-likeness (QED) is 0.882. The maximum Gasteiger partial charge on any atom is 0.226 e. The zero-order chi connectivity index (χ0) is 14.8. The Kier molecular flexibility index (Phi) is 4.42. The molecule has 0 spiro atoms. The van der Waals surface area contributed by atoms with Gasteiger partial charge in [-0.15, -0.1) is 10.2 Å². The molecule has 1 aromatic carbocycles. The van der Waals surface area contributed by atoms with Crippen molar-refractivity contribution >= 4 is 45.6 Å². The number of halogens is 2. The summed E-state index contributed by atoms with van der Waals surface area (Å²) in [7, 11) is 0. The summed E-state index contributed by atoms with van der Waals surface area (Å²) in [6, 6.07) is 5.30. The van der Waals surface area contributed by atoms with Crippen molar-refractivity contribution < 1.29 is 4.79 Å². The summed E-state index contributed by atoms with van der Waals surface area (Å²) in [5.74, 6) is 0.473. The van der Waals surface area contributed by atoms with Gasteiger partial charge in [0.15, 0.2) is 0 Å². The minimum atomic E-state index is -0.0838. The number of hydrogen-bond acceptors (Lipinski definition) is 4. The van der Waals surface area contributed by atoms with Crippen LogP contribution in [0.5, 0.6) is 0 Å². The third-order valence-corrected chi connectivity index (χ3v) is 4.84. The van der Waals surface area contributed by atoms with E-state index < -0.39 is 0 Å². The van der Waals surface area contributed by atoms with E-state index in [1.807, 2.05) is 6.07 Å². The van der Waals surface area contributed by atoms with Gasteiger partial charge in [0.25, 0.3) is 0 Å². The molecular formula is C14H13Cl2N3OS. The van der Waals surface area contributed by atoms with Crippen LogP contribution in [0.3, 0.4) is 0 Å². The topological polar surface area (TPSA) is 54.9 Å². The van der Waals surface area contributed by atoms with Gasteiger partial charge in [0.05, 0.1) is 0 Å². The molecule has 1 aliphatic rings. The second-order valence-electron chi connectivity index (χ2n) is 5.00. The summed E-state index contributed by atoms with van der Waals surface area (Å²) in [5.41, 5.74) is 0.909. The number of rotatable bonds is 5. The monoisotopic (exact) mass is 341 g/mol. The molecule has 0 atom stereocenters. The number of nitrogens with zero attached hydrogens (tertiary/aromatic N) is 2. The Labute approximate surface area is 136 Å². The van der Waals surface area contributed by atoms with Crippen molar-refractivity contribution in [3.05, 3.63) is 38.8 Å². The molecule has 1 heterocycles. The van der Waals surface area contributed by atoms with Crippen molar-refractivity contribution in [1.82, 2.24) is 10.2 Å². The third kappa shape index (κ3) is 3.93. The number of aromatic nitrogens is 2. The molecule has 1 saturated carbocycles. The summed E-state index contributed by atoms with van der Waals surface area (Å²) in [6.07, 6.45) is 3.27. The van der Waals surface area contributed by atoms with E-state index in [2.05, 4.69) is 15.5 Å². The van der Waals surface area contributed by atoms with E-state index >= 15 is 0 Å². The molecule has 1 amide bonds. The Hall–Kier alpha value is -1.17. The van der Waals surface area contributed by atoms with Crippen LogP contribution in [0, 0.1) is 0 Å². The lowest BCUT2D eigenvalue weighted by Gasteiger charge is -2.04. The highest BCUT2D eigenvalue weighted by Crippen LogP contribution is 2.42. The fraction of sp³-hybridized carbons (Fsp3) is 0.357. The van der Waals surface area contributed by atoms with Gasteiger partial charge in [-0.05, 0) is 37.0 Å². The van der Waals surface area contributed by atoms with E-state index in [0.717, 1.165) is 10.6 Å². The number of hydrogen-bond donors (Lipinski definition) is 1. The molecule has 0 radical (unpaired) electrons. The number of amides is 1. The molecule has 1 aromatic heterocycles. The molecule has 0 unspecified atom stereocenters. The normalized spacial score (nSPS) is 14.2. The Morgan fingerprint density at radius 1 is 1.33 bits per heavy atom. The van der Waals surface area contributed by atoms with Gasteiger partial charge in [-0.25, -0.2) is 0 Å². The highest BCUT2D eigenvalue weighted by atomic mass is 35.5. The van der Waals surface area contributed by atoms with Crippen LogP contribution in [-0.4, -0.2) is 16.1 Å². The van der Waals surface area contributed by atoms with Gasteiger partial charge in [0.2, 0.25) is 11.0 Å². The predicted molar refractivity (Wildman–Crippen MR) is 85.3 cm³/mol. The average molecular weight is 342 g/mol. The summed E-state index contributed by atoms with van der Waals surface area (Å²) >= 11 is 13.4. The van der Waals surface area contributed by atoms with Crippen LogP contribution >= 0.6 is 34.5 Å². The highest BCUT2D eigenvalue weighted by Gasteiger charge is 2.27. The molecule has 1 N–H and O–H groups in total. The van der Waals surface area contributed by atoms with Crippen LogP contribution in [0.4, 0.5) is 5.13 Å². The minimum absolute atomic E-state index is 0.0838. The van der Waals surface area contributed by atoms with Crippen LogP contribution in [0.1, 0.15) is 35.8 Å². The summed E-state index contributed by atoms with van der Waals surface area (Å²) in [4.78, 5) is 11.9. The second-order valence-corrected chi connectivity index (χ2v) is 6.86. The van der Waals surface area contributed by atoms with E-state index in [1.54, 1.807) is 12.1 Å². The lowest BCUT2D eigenvalue weighted by molar-refractivity contribution is -0.116. The van der Waals surface area contributed by atoms with E-state index in [-0.39, 0.29) is 5.91 Å². The molecule has 0 bridgehead atoms. The number of anilines is 1. The summed E-state index contributed by atoms with van der Waals surface area (Å²) in [5, 5.41) is 13.6. The van der Waals surface area contributed by atoms with E-state index in [0.29, 0.717) is 33.9 Å². The first-order valence-corrected chi connectivity index (χ1v) is 8.26. The molecule has 1 aliphatic carbocycles. The van der Waals surface area contributed by atoms with Crippen LogP contribution in [0.2, 0.25) is 10.0 Å². The molecule has 0 aliphatic heterocycles. The molecule has 7 heteroatoms. The van der Waals surface area contributed by atoms with Gasteiger partial charge in [-0.1, -0.05) is 40.6 Å². The Morgan fingerprint density at radius 2 is 2.14 bits per heavy atom. The van der Waals surface area contributed by atoms with Crippen LogP contribution < -0.4 is 5.32 Å². The largest absolute Gasteiger partial charge is 0.301 e. The van der Waals surface area contributed by atoms with Crippen molar-refractivity contribution in [2.75, 3.05) is 5.32 Å². The number of carbonyl (C=O) groups is 1. The third-order valence-electron chi connectivity index (χ3n) is 3.25. The van der Waals surface area contributed by atoms with Gasteiger partial charge < -0.3 is 5.32 Å². The number of benzene rings is 1. The first-order chi connectivity index (χ1) is 10.1. The van der Waals surface area contributed by atoms with Gasteiger partial charge in [0, 0.05) is 22.4 Å². The predicted octanol–water partition coefficient (Wildman–Crippen LogP) is 4.29. The Bertz CT molecular complexity index is 670. The van der Waals surface area contributed by atoms with E-state index in [1.165, 1.54) is 24.2 Å². The lowest BCUT2D eigenvalue weighted by atomic mass is 10.1. The zero-order valence-electron chi connectivity index (χ0n) is 11.1. The molecule has 110 valence electrons. The fourth-order valence-corrected chi connectivity index (χ4v) is 3.37. The van der Waals surface area contributed by atoms with Crippen molar-refractivity contribution in [2.45, 2.75) is 31.6 Å². The standard InChI is InChI=1S/C14H13Cl2N3OS/c15-10-5-3-8(11(16)7-10)4-6-12(20)17-14-19-18-13(21-14)9-1-2-9/h3,5,7,9H,1-2,4,6H2,(H,17,19,20). The Morgan fingerprint density at radius 3 is 2.86 bits per heavy atom. The Balaban J connectivity index is 1.53. The second kappa shape index (κ2) is 6.30. The smallest absolute Gasteiger partial charge is 0.226 e. The van der Waals surface area contributed by atoms with Crippen LogP contribution in [-0.2, 0) is 11.2 Å². The van der Waals surface area contributed by atoms with Crippen LogP contribution in [0.25, 0.3) is 0 Å². The van der Waals surface area contributed by atoms with Crippen molar-refractivity contribution in [3.8, 4) is 0 Å². The summed E-state index contributed by atoms with van der Waals surface area (Å²) in [6.45, 7) is 0. The average Bonchev–Trinajstić information content (AvgIpc) is 3.19. The van der Waals surface area contributed by atoms with E-state index in [4.69, 9.17) is 23.2 Å². The summed E-state index contributed by atoms with van der Waals surface area (Å²) < 4.78 is 0. The number of aryl methyl sites for hydroxylation is 1. The number of nitrogens with one attached hydrogen (secondary N) is 1. The first kappa shape index (κ1) is 14.8. The van der Waals surface area contributed by atoms with Crippen LogP contribution in [0.15, 0.2) is 18.2 Å². The van der Waals surface area contributed by atoms with Gasteiger partial charge in [-0.2, -0.15) is 0 Å². The zero-order valence-corrected chi connectivity index (χ0v) is 13.4. The lowest BCUT2D eigenvalue weighted by Crippen LogP contribution is -2.12. The van der Waals surface area contributed by atoms with Gasteiger partial charge >= 0.3 is 0 Å².